The van der Waals surface area contributed by atoms with Gasteiger partial charge in [-0.1, -0.05) is 127 Å². The molecule has 0 fully saturated rings. The highest BCUT2D eigenvalue weighted by atomic mass is 32.2. The minimum Gasteiger partial charge on any atom is -0.456 e. The Morgan fingerprint density at radius 3 is 1.92 bits per heavy atom. The topological polar surface area (TPSA) is 56.7 Å². The van der Waals surface area contributed by atoms with Gasteiger partial charge in [0.05, 0.1) is 16.7 Å². The van der Waals surface area contributed by atoms with Gasteiger partial charge in [-0.05, 0) is 53.6 Å². The largest absolute Gasteiger partial charge is 0.456 e. The van der Waals surface area contributed by atoms with Crippen molar-refractivity contribution >= 4 is 55.5 Å². The van der Waals surface area contributed by atoms with E-state index in [4.69, 9.17) is 19.4 Å². The third-order valence-corrected chi connectivity index (χ3v) is 10.9. The van der Waals surface area contributed by atoms with Gasteiger partial charge < -0.3 is 8.98 Å². The Hall–Kier alpha value is -6.50. The Morgan fingerprint density at radius 2 is 1.12 bits per heavy atom. The Labute approximate surface area is 296 Å². The average Bonchev–Trinajstić information content (AvgIpc) is 3.75. The lowest BCUT2D eigenvalue weighted by Gasteiger charge is -2.21. The maximum absolute atomic E-state index is 6.45. The monoisotopic (exact) mass is 670 g/mol. The lowest BCUT2D eigenvalue weighted by molar-refractivity contribution is 0.669. The molecule has 11 rings (SSSR count). The predicted molar refractivity (Wildman–Crippen MR) is 207 cm³/mol. The third-order valence-electron chi connectivity index (χ3n) is 9.85. The molecular weight excluding hydrogens is 645 g/mol. The molecule has 1 aliphatic rings. The van der Waals surface area contributed by atoms with Gasteiger partial charge in [0.15, 0.2) is 17.5 Å². The summed E-state index contributed by atoms with van der Waals surface area (Å²) < 4.78 is 8.88. The first kappa shape index (κ1) is 28.3. The van der Waals surface area contributed by atoms with E-state index in [-0.39, 0.29) is 0 Å². The molecule has 1 aliphatic heterocycles. The van der Waals surface area contributed by atoms with Gasteiger partial charge in [0.25, 0.3) is 0 Å². The quantitative estimate of drug-likeness (QED) is 0.186. The molecule has 0 saturated heterocycles. The van der Waals surface area contributed by atoms with Crippen molar-refractivity contribution in [1.29, 1.82) is 0 Å². The summed E-state index contributed by atoms with van der Waals surface area (Å²) in [7, 11) is 0. The van der Waals surface area contributed by atoms with E-state index >= 15 is 0 Å². The third kappa shape index (κ3) is 4.40. The second-order valence-corrected chi connectivity index (χ2v) is 13.9. The van der Waals surface area contributed by atoms with Gasteiger partial charge in [0.1, 0.15) is 11.2 Å². The van der Waals surface area contributed by atoms with E-state index in [1.54, 1.807) is 0 Å². The van der Waals surface area contributed by atoms with Crippen LogP contribution in [0.3, 0.4) is 0 Å². The summed E-state index contributed by atoms with van der Waals surface area (Å²) in [5.41, 5.74) is 10.4. The molecule has 51 heavy (non-hydrogen) atoms. The summed E-state index contributed by atoms with van der Waals surface area (Å²) in [6.45, 7) is 0. The van der Waals surface area contributed by atoms with E-state index < -0.39 is 0 Å². The molecule has 0 amide bonds. The van der Waals surface area contributed by atoms with Crippen molar-refractivity contribution in [2.24, 2.45) is 0 Å². The van der Waals surface area contributed by atoms with Gasteiger partial charge >= 0.3 is 0 Å². The van der Waals surface area contributed by atoms with Gasteiger partial charge in [-0.2, -0.15) is 0 Å². The number of nitrogens with zero attached hydrogens (tertiary/aromatic N) is 4. The van der Waals surface area contributed by atoms with Crippen molar-refractivity contribution in [3.63, 3.8) is 0 Å². The second-order valence-electron chi connectivity index (χ2n) is 12.8. The molecule has 0 radical (unpaired) electrons. The molecule has 0 bridgehead atoms. The highest BCUT2D eigenvalue weighted by Crippen LogP contribution is 2.48. The minimum absolute atomic E-state index is 0.607. The van der Waals surface area contributed by atoms with Crippen molar-refractivity contribution in [2.75, 3.05) is 0 Å². The van der Waals surface area contributed by atoms with Crippen LogP contribution in [0.15, 0.2) is 172 Å². The number of para-hydroxylation sites is 2. The predicted octanol–water partition coefficient (Wildman–Crippen LogP) is 12.0. The first-order chi connectivity index (χ1) is 25.3. The Bertz CT molecular complexity index is 2940. The normalized spacial score (nSPS) is 12.2. The molecule has 238 valence electrons. The van der Waals surface area contributed by atoms with E-state index in [0.29, 0.717) is 17.5 Å². The molecule has 7 aromatic carbocycles. The first-order valence-corrected chi connectivity index (χ1v) is 17.8. The molecule has 6 heteroatoms. The van der Waals surface area contributed by atoms with Crippen LogP contribution in [0.4, 0.5) is 0 Å². The fourth-order valence-electron chi connectivity index (χ4n) is 7.52. The van der Waals surface area contributed by atoms with E-state index in [0.717, 1.165) is 49.8 Å². The number of furan rings is 1. The lowest BCUT2D eigenvalue weighted by Crippen LogP contribution is -2.01. The van der Waals surface area contributed by atoms with Gasteiger partial charge in [0, 0.05) is 48.0 Å². The second kappa shape index (κ2) is 11.0. The van der Waals surface area contributed by atoms with E-state index in [2.05, 4.69) is 89.5 Å². The molecule has 0 saturated carbocycles. The zero-order valence-electron chi connectivity index (χ0n) is 27.1. The number of rotatable bonds is 4. The Morgan fingerprint density at radius 1 is 0.451 bits per heavy atom. The Balaban J connectivity index is 1.08. The smallest absolute Gasteiger partial charge is 0.164 e. The van der Waals surface area contributed by atoms with Crippen LogP contribution in [0, 0.1) is 0 Å². The first-order valence-electron chi connectivity index (χ1n) is 16.9. The molecule has 0 aliphatic carbocycles. The van der Waals surface area contributed by atoms with Crippen LogP contribution >= 0.6 is 11.8 Å². The Kier molecular flexibility index (Phi) is 6.12. The van der Waals surface area contributed by atoms with Crippen LogP contribution in [-0.4, -0.2) is 19.5 Å². The van der Waals surface area contributed by atoms with E-state index in [1.807, 2.05) is 84.6 Å². The molecule has 10 aromatic rings. The summed E-state index contributed by atoms with van der Waals surface area (Å²) in [5, 5.41) is 4.59. The summed E-state index contributed by atoms with van der Waals surface area (Å²) >= 11 is 1.84. The number of benzene rings is 7. The van der Waals surface area contributed by atoms with E-state index in [1.165, 1.54) is 37.3 Å². The number of fused-ring (bicyclic) bond motifs is 8. The summed E-state index contributed by atoms with van der Waals surface area (Å²) in [6, 6.07) is 54.9. The SMILES string of the molecule is c1ccc(-c2nc(-c3ccccc3)nc(-c3cccc4oc5ccc(-c6ccc7c(c6)Sc6cccc8c9ccccc9n-7c68)cc5c34)n2)cc1. The molecule has 0 spiro atoms. The highest BCUT2D eigenvalue weighted by molar-refractivity contribution is 7.99. The summed E-state index contributed by atoms with van der Waals surface area (Å²) in [4.78, 5) is 17.5. The summed E-state index contributed by atoms with van der Waals surface area (Å²) in [6.07, 6.45) is 0. The summed E-state index contributed by atoms with van der Waals surface area (Å²) in [5.74, 6) is 1.87. The van der Waals surface area contributed by atoms with Gasteiger partial charge in [-0.3, -0.25) is 0 Å². The zero-order valence-corrected chi connectivity index (χ0v) is 27.9. The van der Waals surface area contributed by atoms with Gasteiger partial charge in [0.2, 0.25) is 0 Å². The number of hydrogen-bond donors (Lipinski definition) is 0. The molecule has 0 N–H and O–H groups in total. The average molecular weight is 671 g/mol. The molecular formula is C45H26N4OS. The van der Waals surface area contributed by atoms with Crippen molar-refractivity contribution in [2.45, 2.75) is 9.79 Å². The van der Waals surface area contributed by atoms with Crippen LogP contribution in [0.2, 0.25) is 0 Å². The molecule has 0 unspecified atom stereocenters. The van der Waals surface area contributed by atoms with E-state index in [9.17, 15) is 0 Å². The van der Waals surface area contributed by atoms with Crippen molar-refractivity contribution in [3.8, 4) is 51.0 Å². The van der Waals surface area contributed by atoms with Crippen LogP contribution in [-0.2, 0) is 0 Å². The van der Waals surface area contributed by atoms with Crippen LogP contribution < -0.4 is 0 Å². The fraction of sp³-hybridized carbons (Fsp3) is 0. The fourth-order valence-corrected chi connectivity index (χ4v) is 8.65. The van der Waals surface area contributed by atoms with Crippen LogP contribution in [0.25, 0.3) is 94.7 Å². The maximum atomic E-state index is 6.45. The molecule has 0 atom stereocenters. The number of aromatic nitrogens is 4. The standard InChI is InChI=1S/C45H26N4OS/c1-3-11-27(12-4-1)43-46-44(28-13-5-2-6-14-28)48-45(47-43)33-17-9-19-38-41(33)34-25-29(22-24-37(34)50-38)30-21-23-36-40(26-30)51-39-20-10-16-32-31-15-7-8-18-35(31)49(36)42(32)39/h1-26H. The maximum Gasteiger partial charge on any atom is 0.164 e. The zero-order chi connectivity index (χ0) is 33.5. The van der Waals surface area contributed by atoms with Gasteiger partial charge in [-0.15, -0.1) is 0 Å². The van der Waals surface area contributed by atoms with Crippen molar-refractivity contribution in [1.82, 2.24) is 19.5 Å². The molecule has 5 nitrogen and oxygen atoms in total. The van der Waals surface area contributed by atoms with Crippen LogP contribution in [0.1, 0.15) is 0 Å². The molecule has 3 aromatic heterocycles. The number of hydrogen-bond acceptors (Lipinski definition) is 5. The highest BCUT2D eigenvalue weighted by Gasteiger charge is 2.24. The lowest BCUT2D eigenvalue weighted by atomic mass is 10.00. The van der Waals surface area contributed by atoms with Crippen molar-refractivity contribution in [3.05, 3.63) is 158 Å². The minimum atomic E-state index is 0.607. The molecule has 4 heterocycles. The van der Waals surface area contributed by atoms with Gasteiger partial charge in [-0.25, -0.2) is 15.0 Å². The van der Waals surface area contributed by atoms with Crippen LogP contribution in [0.5, 0.6) is 0 Å². The van der Waals surface area contributed by atoms with Crippen molar-refractivity contribution < 1.29 is 4.42 Å².